The molecule has 3 aromatic rings. The van der Waals surface area contributed by atoms with Gasteiger partial charge in [-0.25, -0.2) is 4.68 Å². The maximum Gasteiger partial charge on any atom is 0.287 e. The lowest BCUT2D eigenvalue weighted by Crippen LogP contribution is -2.25. The number of aromatic nitrogens is 3. The molecule has 136 valence electrons. The lowest BCUT2D eigenvalue weighted by atomic mass is 9.99. The Bertz CT molecular complexity index is 930. The lowest BCUT2D eigenvalue weighted by molar-refractivity contribution is 0.391. The number of halogens is 1. The number of nitrogens with one attached hydrogen (secondary N) is 1. The number of benzene rings is 1. The summed E-state index contributed by atoms with van der Waals surface area (Å²) in [6.45, 7) is 6.85. The van der Waals surface area contributed by atoms with Crippen molar-refractivity contribution in [3.63, 3.8) is 0 Å². The molecule has 0 bridgehead atoms. The molecule has 0 aliphatic heterocycles. The van der Waals surface area contributed by atoms with Gasteiger partial charge in [0.25, 0.3) is 5.56 Å². The van der Waals surface area contributed by atoms with Gasteiger partial charge in [-0.2, -0.15) is 5.10 Å². The van der Waals surface area contributed by atoms with E-state index < -0.39 is 0 Å². The van der Waals surface area contributed by atoms with Crippen LogP contribution in [0.25, 0.3) is 0 Å². The molecule has 0 saturated carbocycles. The molecule has 2 heterocycles. The summed E-state index contributed by atoms with van der Waals surface area (Å²) < 4.78 is 6.58. The second kappa shape index (κ2) is 7.74. The zero-order valence-corrected chi connectivity index (χ0v) is 15.7. The molecule has 1 N–H and O–H groups in total. The highest BCUT2D eigenvalue weighted by atomic mass is 35.5. The van der Waals surface area contributed by atoms with Crippen molar-refractivity contribution in [3.05, 3.63) is 74.5 Å². The molecule has 0 aliphatic rings. The number of hydrogen-bond acceptors (Lipinski definition) is 5. The van der Waals surface area contributed by atoms with E-state index in [0.29, 0.717) is 18.8 Å². The van der Waals surface area contributed by atoms with E-state index in [0.717, 1.165) is 22.6 Å². The van der Waals surface area contributed by atoms with Crippen LogP contribution in [0.2, 0.25) is 5.02 Å². The standard InChI is InChI=1S/C19H21ClN4O2/c1-12(17-13(2)23-26-14(17)3)9-21-16-10-22-24(19(25)18(16)20)11-15-7-5-4-6-8-15/h4-8,10,12,21H,9,11H2,1-3H3/t12-/m1/s1. The predicted octanol–water partition coefficient (Wildman–Crippen LogP) is 3.77. The quantitative estimate of drug-likeness (QED) is 0.713. The smallest absolute Gasteiger partial charge is 0.287 e. The number of rotatable bonds is 6. The molecule has 0 amide bonds. The van der Waals surface area contributed by atoms with Gasteiger partial charge < -0.3 is 9.84 Å². The Labute approximate surface area is 156 Å². The van der Waals surface area contributed by atoms with Crippen LogP contribution in [0.1, 0.15) is 35.4 Å². The molecule has 0 unspecified atom stereocenters. The molecule has 3 rings (SSSR count). The molecular formula is C19H21ClN4O2. The molecule has 0 fully saturated rings. The Morgan fingerprint density at radius 2 is 2.00 bits per heavy atom. The zero-order chi connectivity index (χ0) is 18.7. The third-order valence-electron chi connectivity index (χ3n) is 4.34. The van der Waals surface area contributed by atoms with Crippen LogP contribution in [-0.2, 0) is 6.54 Å². The Hall–Kier alpha value is -2.60. The van der Waals surface area contributed by atoms with Gasteiger partial charge >= 0.3 is 0 Å². The Kier molecular flexibility index (Phi) is 5.42. The first kappa shape index (κ1) is 18.2. The van der Waals surface area contributed by atoms with Gasteiger partial charge in [-0.05, 0) is 19.4 Å². The number of anilines is 1. The minimum atomic E-state index is -0.314. The van der Waals surface area contributed by atoms with Crippen molar-refractivity contribution in [3.8, 4) is 0 Å². The SMILES string of the molecule is Cc1noc(C)c1[C@H](C)CNc1cnn(Cc2ccccc2)c(=O)c1Cl. The van der Waals surface area contributed by atoms with Gasteiger partial charge in [0.15, 0.2) is 0 Å². The normalized spacial score (nSPS) is 12.2. The average Bonchev–Trinajstić information content (AvgIpc) is 2.97. The summed E-state index contributed by atoms with van der Waals surface area (Å²) >= 11 is 6.27. The van der Waals surface area contributed by atoms with E-state index in [9.17, 15) is 4.79 Å². The second-order valence-electron chi connectivity index (χ2n) is 6.34. The predicted molar refractivity (Wildman–Crippen MR) is 102 cm³/mol. The lowest BCUT2D eigenvalue weighted by Gasteiger charge is -2.15. The van der Waals surface area contributed by atoms with Crippen LogP contribution in [0.15, 0.2) is 45.8 Å². The molecule has 7 heteroatoms. The highest BCUT2D eigenvalue weighted by molar-refractivity contribution is 6.32. The Morgan fingerprint density at radius 1 is 1.27 bits per heavy atom. The van der Waals surface area contributed by atoms with Crippen LogP contribution in [0.3, 0.4) is 0 Å². The van der Waals surface area contributed by atoms with Gasteiger partial charge in [0, 0.05) is 18.0 Å². The van der Waals surface area contributed by atoms with Crippen LogP contribution in [0, 0.1) is 13.8 Å². The van der Waals surface area contributed by atoms with Crippen LogP contribution in [0.4, 0.5) is 5.69 Å². The maximum absolute atomic E-state index is 12.5. The molecule has 0 saturated heterocycles. The summed E-state index contributed by atoms with van der Waals surface area (Å²) in [5.74, 6) is 0.961. The van der Waals surface area contributed by atoms with Crippen molar-refractivity contribution in [2.24, 2.45) is 0 Å². The molecule has 6 nitrogen and oxygen atoms in total. The van der Waals surface area contributed by atoms with E-state index in [-0.39, 0.29) is 16.5 Å². The minimum absolute atomic E-state index is 0.141. The third-order valence-corrected chi connectivity index (χ3v) is 4.71. The first-order valence-electron chi connectivity index (χ1n) is 8.43. The van der Waals surface area contributed by atoms with Gasteiger partial charge in [0.1, 0.15) is 10.8 Å². The monoisotopic (exact) mass is 372 g/mol. The molecule has 0 spiro atoms. The Balaban J connectivity index is 1.73. The topological polar surface area (TPSA) is 73.0 Å². The molecular weight excluding hydrogens is 352 g/mol. The van der Waals surface area contributed by atoms with Crippen molar-refractivity contribution < 1.29 is 4.52 Å². The fraction of sp³-hybridized carbons (Fsp3) is 0.316. The maximum atomic E-state index is 12.5. The summed E-state index contributed by atoms with van der Waals surface area (Å²) in [5, 5.41) is 11.6. The highest BCUT2D eigenvalue weighted by Crippen LogP contribution is 2.24. The van der Waals surface area contributed by atoms with Crippen LogP contribution in [0.5, 0.6) is 0 Å². The fourth-order valence-electron chi connectivity index (χ4n) is 3.02. The van der Waals surface area contributed by atoms with Gasteiger partial charge in [-0.3, -0.25) is 4.79 Å². The van der Waals surface area contributed by atoms with Gasteiger partial charge in [-0.1, -0.05) is 54.0 Å². The number of hydrogen-bond donors (Lipinski definition) is 1. The number of aryl methyl sites for hydroxylation is 2. The fourth-order valence-corrected chi connectivity index (χ4v) is 3.23. The summed E-state index contributed by atoms with van der Waals surface area (Å²) in [5.41, 5.74) is 3.15. The van der Waals surface area contributed by atoms with E-state index in [4.69, 9.17) is 16.1 Å². The highest BCUT2D eigenvalue weighted by Gasteiger charge is 2.17. The summed E-state index contributed by atoms with van der Waals surface area (Å²) in [7, 11) is 0. The molecule has 1 aromatic carbocycles. The number of nitrogens with zero attached hydrogens (tertiary/aromatic N) is 3. The summed E-state index contributed by atoms with van der Waals surface area (Å²) in [6.07, 6.45) is 1.59. The van der Waals surface area contributed by atoms with Crippen molar-refractivity contribution in [2.45, 2.75) is 33.2 Å². The van der Waals surface area contributed by atoms with Crippen molar-refractivity contribution in [2.75, 3.05) is 11.9 Å². The van der Waals surface area contributed by atoms with E-state index in [2.05, 4.69) is 22.5 Å². The molecule has 2 aromatic heterocycles. The zero-order valence-electron chi connectivity index (χ0n) is 15.0. The largest absolute Gasteiger partial charge is 0.382 e. The first-order valence-corrected chi connectivity index (χ1v) is 8.81. The molecule has 1 atom stereocenters. The van der Waals surface area contributed by atoms with Crippen molar-refractivity contribution >= 4 is 17.3 Å². The average molecular weight is 373 g/mol. The van der Waals surface area contributed by atoms with Gasteiger partial charge in [-0.15, -0.1) is 0 Å². The van der Waals surface area contributed by atoms with E-state index in [1.807, 2.05) is 44.2 Å². The van der Waals surface area contributed by atoms with E-state index in [1.165, 1.54) is 4.68 Å². The second-order valence-corrected chi connectivity index (χ2v) is 6.72. The van der Waals surface area contributed by atoms with Crippen molar-refractivity contribution in [1.82, 2.24) is 14.9 Å². The van der Waals surface area contributed by atoms with Gasteiger partial charge in [0.2, 0.25) is 0 Å². The molecule has 0 aliphatic carbocycles. The molecule has 26 heavy (non-hydrogen) atoms. The molecule has 0 radical (unpaired) electrons. The Morgan fingerprint density at radius 3 is 2.65 bits per heavy atom. The third kappa shape index (κ3) is 3.80. The van der Waals surface area contributed by atoms with E-state index >= 15 is 0 Å². The van der Waals surface area contributed by atoms with Crippen LogP contribution < -0.4 is 10.9 Å². The van der Waals surface area contributed by atoms with Crippen LogP contribution >= 0.6 is 11.6 Å². The summed E-state index contributed by atoms with van der Waals surface area (Å²) in [6, 6.07) is 9.67. The van der Waals surface area contributed by atoms with Crippen molar-refractivity contribution in [1.29, 1.82) is 0 Å². The van der Waals surface area contributed by atoms with Crippen LogP contribution in [-0.4, -0.2) is 21.5 Å². The van der Waals surface area contributed by atoms with E-state index in [1.54, 1.807) is 6.20 Å². The first-order chi connectivity index (χ1) is 12.5. The minimum Gasteiger partial charge on any atom is -0.382 e. The van der Waals surface area contributed by atoms with Gasteiger partial charge in [0.05, 0.1) is 24.1 Å². The summed E-state index contributed by atoms with van der Waals surface area (Å²) in [4.78, 5) is 12.5.